The number of para-hydroxylation sites is 1. The van der Waals surface area contributed by atoms with E-state index in [4.69, 9.17) is 16.3 Å². The van der Waals surface area contributed by atoms with Gasteiger partial charge < -0.3 is 10.1 Å². The minimum Gasteiger partial charge on any atom is -0.381 e. The van der Waals surface area contributed by atoms with Crippen LogP contribution in [0.25, 0.3) is 0 Å². The smallest absolute Gasteiger partial charge is 0.117 e. The number of nitrogens with zero attached hydrogens (tertiary/aromatic N) is 1. The molecule has 0 aliphatic carbocycles. The van der Waals surface area contributed by atoms with E-state index in [9.17, 15) is 5.26 Å². The van der Waals surface area contributed by atoms with Gasteiger partial charge in [-0.15, -0.1) is 0 Å². The van der Waals surface area contributed by atoms with E-state index in [1.165, 1.54) is 0 Å². The first kappa shape index (κ1) is 12.2. The Kier molecular flexibility index (Phi) is 4.24. The second kappa shape index (κ2) is 5.90. The van der Waals surface area contributed by atoms with Crippen LogP contribution >= 0.6 is 11.6 Å². The number of nitrogens with one attached hydrogen (secondary N) is 1. The summed E-state index contributed by atoms with van der Waals surface area (Å²) < 4.78 is 5.31. The zero-order valence-corrected chi connectivity index (χ0v) is 10.3. The maximum absolute atomic E-state index is 9.23. The van der Waals surface area contributed by atoms with Crippen molar-refractivity contribution in [1.82, 2.24) is 0 Å². The molecule has 1 aliphatic rings. The van der Waals surface area contributed by atoms with E-state index in [2.05, 4.69) is 11.4 Å². The molecule has 1 atom stereocenters. The Labute approximate surface area is 106 Å². The van der Waals surface area contributed by atoms with Crippen LogP contribution in [0.2, 0.25) is 5.02 Å². The molecule has 1 heterocycles. The van der Waals surface area contributed by atoms with Crippen LogP contribution in [0.5, 0.6) is 0 Å². The maximum Gasteiger partial charge on any atom is 0.117 e. The van der Waals surface area contributed by atoms with E-state index >= 15 is 0 Å². The molecule has 0 aromatic heterocycles. The molecule has 90 valence electrons. The first-order valence-corrected chi connectivity index (χ1v) is 6.17. The molecule has 4 heteroatoms. The van der Waals surface area contributed by atoms with Crippen LogP contribution in [0.3, 0.4) is 0 Å². The molecule has 1 aliphatic heterocycles. The van der Waals surface area contributed by atoms with Gasteiger partial charge in [0.2, 0.25) is 0 Å². The van der Waals surface area contributed by atoms with Crippen LogP contribution in [0.15, 0.2) is 24.3 Å². The number of halogens is 1. The average molecular weight is 251 g/mol. The lowest BCUT2D eigenvalue weighted by Crippen LogP contribution is -2.32. The van der Waals surface area contributed by atoms with E-state index < -0.39 is 0 Å². The Balaban J connectivity index is 2.05. The highest BCUT2D eigenvalue weighted by molar-refractivity contribution is 6.33. The predicted molar refractivity (Wildman–Crippen MR) is 68.0 cm³/mol. The predicted octanol–water partition coefficient (Wildman–Crippen LogP) is 3.07. The van der Waals surface area contributed by atoms with Crippen molar-refractivity contribution >= 4 is 17.3 Å². The average Bonchev–Trinajstić information content (AvgIpc) is 2.39. The molecule has 2 rings (SSSR count). The Hall–Kier alpha value is -1.24. The first-order chi connectivity index (χ1) is 8.31. The molecule has 1 saturated heterocycles. The molecule has 3 nitrogen and oxygen atoms in total. The van der Waals surface area contributed by atoms with E-state index in [0.29, 0.717) is 10.9 Å². The van der Waals surface area contributed by atoms with Crippen LogP contribution in [0, 0.1) is 17.2 Å². The second-order valence-electron chi connectivity index (χ2n) is 4.18. The van der Waals surface area contributed by atoms with Crippen molar-refractivity contribution in [3.8, 4) is 6.07 Å². The molecule has 1 fully saturated rings. The summed E-state index contributed by atoms with van der Waals surface area (Å²) >= 11 is 6.07. The first-order valence-electron chi connectivity index (χ1n) is 5.79. The molecule has 17 heavy (non-hydrogen) atoms. The summed E-state index contributed by atoms with van der Waals surface area (Å²) in [6, 6.07) is 9.63. The molecule has 0 bridgehead atoms. The van der Waals surface area contributed by atoms with Gasteiger partial charge in [-0.2, -0.15) is 5.26 Å². The minimum atomic E-state index is -0.196. The van der Waals surface area contributed by atoms with Gasteiger partial charge in [-0.25, -0.2) is 0 Å². The van der Waals surface area contributed by atoms with Gasteiger partial charge in [0.25, 0.3) is 0 Å². The summed E-state index contributed by atoms with van der Waals surface area (Å²) in [7, 11) is 0. The lowest BCUT2D eigenvalue weighted by molar-refractivity contribution is 0.0651. The molecule has 1 aromatic carbocycles. The largest absolute Gasteiger partial charge is 0.381 e. The molecule has 1 aromatic rings. The third kappa shape index (κ3) is 3.12. The van der Waals surface area contributed by atoms with Crippen molar-refractivity contribution in [2.24, 2.45) is 5.92 Å². The zero-order valence-electron chi connectivity index (χ0n) is 9.53. The van der Waals surface area contributed by atoms with Gasteiger partial charge >= 0.3 is 0 Å². The minimum absolute atomic E-state index is 0.196. The molecule has 0 radical (unpaired) electrons. The summed E-state index contributed by atoms with van der Waals surface area (Å²) in [6.45, 7) is 1.49. The molecule has 0 amide bonds. The molecule has 0 spiro atoms. The number of nitriles is 1. The fraction of sp³-hybridized carbons (Fsp3) is 0.462. The monoisotopic (exact) mass is 250 g/mol. The zero-order chi connectivity index (χ0) is 12.1. The lowest BCUT2D eigenvalue weighted by atomic mass is 9.92. The quantitative estimate of drug-likeness (QED) is 0.897. The van der Waals surface area contributed by atoms with E-state index in [-0.39, 0.29) is 6.04 Å². The van der Waals surface area contributed by atoms with Crippen LogP contribution in [-0.4, -0.2) is 19.3 Å². The summed E-state index contributed by atoms with van der Waals surface area (Å²) in [5.41, 5.74) is 0.826. The van der Waals surface area contributed by atoms with Gasteiger partial charge in [-0.3, -0.25) is 0 Å². The van der Waals surface area contributed by atoms with Crippen molar-refractivity contribution in [3.05, 3.63) is 29.3 Å². The number of anilines is 1. The molecule has 0 saturated carbocycles. The molecular formula is C13H15ClN2O. The SMILES string of the molecule is N#CC(Nc1ccccc1Cl)C1CCOCC1. The van der Waals surface area contributed by atoms with Gasteiger partial charge in [-0.1, -0.05) is 23.7 Å². The highest BCUT2D eigenvalue weighted by Gasteiger charge is 2.24. The third-order valence-corrected chi connectivity index (χ3v) is 3.39. The Morgan fingerprint density at radius 2 is 2.06 bits per heavy atom. The van der Waals surface area contributed by atoms with Crippen molar-refractivity contribution in [3.63, 3.8) is 0 Å². The Morgan fingerprint density at radius 1 is 1.35 bits per heavy atom. The summed E-state index contributed by atoms with van der Waals surface area (Å²) in [5, 5.41) is 13.1. The van der Waals surface area contributed by atoms with Crippen LogP contribution < -0.4 is 5.32 Å². The van der Waals surface area contributed by atoms with E-state index in [1.54, 1.807) is 0 Å². The maximum atomic E-state index is 9.23. The number of ether oxygens (including phenoxy) is 1. The summed E-state index contributed by atoms with van der Waals surface area (Å²) in [4.78, 5) is 0. The van der Waals surface area contributed by atoms with Gasteiger partial charge in [-0.05, 0) is 30.9 Å². The van der Waals surface area contributed by atoms with Gasteiger partial charge in [0.1, 0.15) is 6.04 Å². The standard InChI is InChI=1S/C13H15ClN2O/c14-11-3-1-2-4-12(11)16-13(9-15)10-5-7-17-8-6-10/h1-4,10,13,16H,5-8H2. The fourth-order valence-corrected chi connectivity index (χ4v) is 2.24. The fourth-order valence-electron chi connectivity index (χ4n) is 2.05. The van der Waals surface area contributed by atoms with E-state index in [1.807, 2.05) is 24.3 Å². The summed E-state index contributed by atoms with van der Waals surface area (Å²) in [6.07, 6.45) is 1.85. The van der Waals surface area contributed by atoms with Crippen molar-refractivity contribution < 1.29 is 4.74 Å². The van der Waals surface area contributed by atoms with Gasteiger partial charge in [0, 0.05) is 13.2 Å². The van der Waals surface area contributed by atoms with E-state index in [0.717, 1.165) is 31.7 Å². The number of benzene rings is 1. The van der Waals surface area contributed by atoms with Crippen molar-refractivity contribution in [2.45, 2.75) is 18.9 Å². The lowest BCUT2D eigenvalue weighted by Gasteiger charge is -2.27. The van der Waals surface area contributed by atoms with Gasteiger partial charge in [0.05, 0.1) is 16.8 Å². The normalized spacial score (nSPS) is 18.4. The Bertz CT molecular complexity index is 410. The molecular weight excluding hydrogens is 236 g/mol. The van der Waals surface area contributed by atoms with Gasteiger partial charge in [0.15, 0.2) is 0 Å². The van der Waals surface area contributed by atoms with Crippen molar-refractivity contribution in [1.29, 1.82) is 5.26 Å². The highest BCUT2D eigenvalue weighted by Crippen LogP contribution is 2.26. The topological polar surface area (TPSA) is 45.0 Å². The Morgan fingerprint density at radius 3 is 2.71 bits per heavy atom. The van der Waals surface area contributed by atoms with Crippen LogP contribution in [0.1, 0.15) is 12.8 Å². The summed E-state index contributed by atoms with van der Waals surface area (Å²) in [5.74, 6) is 0.338. The van der Waals surface area contributed by atoms with Crippen molar-refractivity contribution in [2.75, 3.05) is 18.5 Å². The van der Waals surface area contributed by atoms with Crippen LogP contribution in [-0.2, 0) is 4.74 Å². The number of rotatable bonds is 3. The second-order valence-corrected chi connectivity index (χ2v) is 4.59. The molecule has 1 N–H and O–H groups in total. The number of hydrogen-bond donors (Lipinski definition) is 1. The molecule has 1 unspecified atom stereocenters. The highest BCUT2D eigenvalue weighted by atomic mass is 35.5. The number of hydrogen-bond acceptors (Lipinski definition) is 3. The third-order valence-electron chi connectivity index (χ3n) is 3.06. The van der Waals surface area contributed by atoms with Crippen LogP contribution in [0.4, 0.5) is 5.69 Å².